The second-order valence-electron chi connectivity index (χ2n) is 8.06. The highest BCUT2D eigenvalue weighted by Crippen LogP contribution is 2.47. The van der Waals surface area contributed by atoms with Crippen molar-refractivity contribution in [1.29, 1.82) is 0 Å². The van der Waals surface area contributed by atoms with E-state index in [4.69, 9.17) is 9.47 Å². The quantitative estimate of drug-likeness (QED) is 0.555. The molecule has 1 saturated carbocycles. The Bertz CT molecular complexity index is 1250. The van der Waals surface area contributed by atoms with Crippen LogP contribution < -0.4 is 9.46 Å². The molecule has 0 amide bonds. The van der Waals surface area contributed by atoms with Gasteiger partial charge in [0, 0.05) is 56.7 Å². The first-order valence-electron chi connectivity index (χ1n) is 10.1. The molecule has 2 heterocycles. The summed E-state index contributed by atoms with van der Waals surface area (Å²) in [6, 6.07) is 4.47. The summed E-state index contributed by atoms with van der Waals surface area (Å²) in [6.45, 7) is 1.79. The lowest BCUT2D eigenvalue weighted by molar-refractivity contribution is 0.0449. The zero-order valence-electron chi connectivity index (χ0n) is 18.2. The van der Waals surface area contributed by atoms with E-state index in [2.05, 4.69) is 19.8 Å². The van der Waals surface area contributed by atoms with Crippen LogP contribution in [0.2, 0.25) is 0 Å². The molecular weight excluding hydrogens is 456 g/mol. The second kappa shape index (κ2) is 8.67. The lowest BCUT2D eigenvalue weighted by Gasteiger charge is -2.32. The molecule has 1 aromatic carbocycles. The maximum Gasteiger partial charge on any atom is 0.266 e. The fourth-order valence-corrected chi connectivity index (χ4v) is 5.31. The minimum Gasteiger partial charge on any atom is -0.484 e. The number of nitrogens with zero attached hydrogens (tertiary/aromatic N) is 4. The molecule has 12 heteroatoms. The Morgan fingerprint density at radius 2 is 2.00 bits per heavy atom. The Balaban J connectivity index is 1.65. The minimum absolute atomic E-state index is 0.0757. The van der Waals surface area contributed by atoms with Gasteiger partial charge in [-0.25, -0.2) is 27.2 Å². The van der Waals surface area contributed by atoms with Gasteiger partial charge in [0.2, 0.25) is 0 Å². The number of aryl methyl sites for hydroxylation is 1. The van der Waals surface area contributed by atoms with E-state index in [0.29, 0.717) is 18.9 Å². The predicted octanol–water partition coefficient (Wildman–Crippen LogP) is 3.02. The van der Waals surface area contributed by atoms with Crippen molar-refractivity contribution in [2.45, 2.75) is 42.3 Å². The number of nitrogens with one attached hydrogen (secondary N) is 1. The molecule has 176 valence electrons. The van der Waals surface area contributed by atoms with Gasteiger partial charge in [0.15, 0.2) is 11.6 Å². The molecule has 0 aliphatic heterocycles. The molecule has 2 aromatic heterocycles. The molecule has 33 heavy (non-hydrogen) atoms. The van der Waals surface area contributed by atoms with E-state index in [1.807, 2.05) is 6.07 Å². The lowest BCUT2D eigenvalue weighted by Crippen LogP contribution is -2.36. The SMILES string of the molecule is CO[C@H]1C[C@H](c2ccnn2C)[C@](C)(Oc2cc(F)c(S(=O)(=O)Nc3ccncn3)cc2F)C1. The van der Waals surface area contributed by atoms with E-state index in [1.165, 1.54) is 12.3 Å². The molecule has 0 radical (unpaired) electrons. The molecule has 3 aromatic rings. The van der Waals surface area contributed by atoms with Gasteiger partial charge < -0.3 is 9.47 Å². The van der Waals surface area contributed by atoms with Gasteiger partial charge in [0.25, 0.3) is 10.0 Å². The highest BCUT2D eigenvalue weighted by atomic mass is 32.2. The standard InChI is InChI=1S/C21H23F2N5O4S/c1-21(11-13(31-3)8-14(21)17-4-7-26-28(17)2)32-18-9-16(23)19(10-15(18)22)33(29,30)27-20-5-6-24-12-25-20/h4-7,9-10,12-14H,8,11H2,1-3H3,(H,24,25,27)/t13-,14+,21+/m0/s1. The number of hydrogen-bond acceptors (Lipinski definition) is 7. The van der Waals surface area contributed by atoms with Crippen LogP contribution in [0, 0.1) is 11.6 Å². The van der Waals surface area contributed by atoms with Crippen LogP contribution in [-0.2, 0) is 21.8 Å². The molecule has 1 aliphatic rings. The van der Waals surface area contributed by atoms with Gasteiger partial charge in [-0.05, 0) is 25.5 Å². The van der Waals surface area contributed by atoms with Crippen LogP contribution in [0.15, 0.2) is 47.9 Å². The van der Waals surface area contributed by atoms with Crippen molar-refractivity contribution in [2.24, 2.45) is 7.05 Å². The summed E-state index contributed by atoms with van der Waals surface area (Å²) < 4.78 is 70.3. The summed E-state index contributed by atoms with van der Waals surface area (Å²) in [5.74, 6) is -2.84. The highest BCUT2D eigenvalue weighted by Gasteiger charge is 2.48. The Labute approximate surface area is 189 Å². The summed E-state index contributed by atoms with van der Waals surface area (Å²) in [4.78, 5) is 6.55. The molecule has 0 saturated heterocycles. The largest absolute Gasteiger partial charge is 0.484 e. The summed E-state index contributed by atoms with van der Waals surface area (Å²) in [6.07, 6.45) is 4.97. The molecule has 9 nitrogen and oxygen atoms in total. The third-order valence-corrected chi connectivity index (χ3v) is 7.23. The first kappa shape index (κ1) is 23.1. The maximum atomic E-state index is 15.0. The number of halogens is 2. The molecular formula is C21H23F2N5O4S. The van der Waals surface area contributed by atoms with Crippen molar-refractivity contribution < 1.29 is 26.7 Å². The molecule has 0 unspecified atom stereocenters. The predicted molar refractivity (Wildman–Crippen MR) is 114 cm³/mol. The van der Waals surface area contributed by atoms with E-state index < -0.39 is 32.2 Å². The first-order valence-corrected chi connectivity index (χ1v) is 11.6. The van der Waals surface area contributed by atoms with Crippen LogP contribution in [0.1, 0.15) is 31.4 Å². The number of aromatic nitrogens is 4. The second-order valence-corrected chi connectivity index (χ2v) is 9.71. The fraction of sp³-hybridized carbons (Fsp3) is 0.381. The molecule has 0 bridgehead atoms. The normalized spacial score (nSPS) is 22.9. The number of rotatable bonds is 7. The number of sulfonamides is 1. The average Bonchev–Trinajstić information content (AvgIpc) is 3.33. The van der Waals surface area contributed by atoms with Crippen molar-refractivity contribution in [3.8, 4) is 5.75 Å². The van der Waals surface area contributed by atoms with Crippen LogP contribution in [-0.4, -0.2) is 47.0 Å². The third kappa shape index (κ3) is 4.53. The number of anilines is 1. The Morgan fingerprint density at radius 1 is 1.21 bits per heavy atom. The third-order valence-electron chi connectivity index (χ3n) is 5.86. The molecule has 1 aliphatic carbocycles. The van der Waals surface area contributed by atoms with Crippen molar-refractivity contribution >= 4 is 15.8 Å². The molecule has 1 fully saturated rings. The summed E-state index contributed by atoms with van der Waals surface area (Å²) in [5, 5.41) is 4.19. The van der Waals surface area contributed by atoms with Gasteiger partial charge in [-0.3, -0.25) is 9.40 Å². The van der Waals surface area contributed by atoms with Crippen LogP contribution in [0.25, 0.3) is 0 Å². The van der Waals surface area contributed by atoms with Crippen LogP contribution in [0.5, 0.6) is 5.75 Å². The van der Waals surface area contributed by atoms with Crippen LogP contribution in [0.3, 0.4) is 0 Å². The Morgan fingerprint density at radius 3 is 2.64 bits per heavy atom. The zero-order chi connectivity index (χ0) is 23.8. The monoisotopic (exact) mass is 479 g/mol. The fourth-order valence-electron chi connectivity index (χ4n) is 4.23. The topological polar surface area (TPSA) is 108 Å². The van der Waals surface area contributed by atoms with Crippen molar-refractivity contribution in [3.63, 3.8) is 0 Å². The number of ether oxygens (including phenoxy) is 2. The lowest BCUT2D eigenvalue weighted by atomic mass is 9.89. The maximum absolute atomic E-state index is 15.0. The summed E-state index contributed by atoms with van der Waals surface area (Å²) in [7, 11) is -1.06. The van der Waals surface area contributed by atoms with Gasteiger partial charge in [-0.15, -0.1) is 0 Å². The Hall–Kier alpha value is -3.12. The van der Waals surface area contributed by atoms with E-state index in [1.54, 1.807) is 32.0 Å². The molecule has 3 atom stereocenters. The highest BCUT2D eigenvalue weighted by molar-refractivity contribution is 7.92. The van der Waals surface area contributed by atoms with E-state index >= 15 is 0 Å². The first-order chi connectivity index (χ1) is 15.6. The van der Waals surface area contributed by atoms with Gasteiger partial charge in [0.05, 0.1) is 6.10 Å². The molecule has 1 N–H and O–H groups in total. The number of methoxy groups -OCH3 is 1. The summed E-state index contributed by atoms with van der Waals surface area (Å²) in [5.41, 5.74) is -0.0763. The smallest absolute Gasteiger partial charge is 0.266 e. The zero-order valence-corrected chi connectivity index (χ0v) is 19.0. The van der Waals surface area contributed by atoms with Crippen molar-refractivity contribution in [3.05, 3.63) is 60.3 Å². The van der Waals surface area contributed by atoms with E-state index in [9.17, 15) is 17.2 Å². The number of benzene rings is 1. The van der Waals surface area contributed by atoms with Crippen LogP contribution >= 0.6 is 0 Å². The van der Waals surface area contributed by atoms with Gasteiger partial charge >= 0.3 is 0 Å². The summed E-state index contributed by atoms with van der Waals surface area (Å²) >= 11 is 0. The Kier molecular flexibility index (Phi) is 6.06. The van der Waals surface area contributed by atoms with Gasteiger partial charge in [-0.2, -0.15) is 5.10 Å². The number of hydrogen-bond donors (Lipinski definition) is 1. The van der Waals surface area contributed by atoms with Crippen LogP contribution in [0.4, 0.5) is 14.6 Å². The van der Waals surface area contributed by atoms with Crippen molar-refractivity contribution in [2.75, 3.05) is 11.8 Å². The van der Waals surface area contributed by atoms with E-state index in [0.717, 1.165) is 18.1 Å². The van der Waals surface area contributed by atoms with Gasteiger partial charge in [-0.1, -0.05) is 0 Å². The average molecular weight is 480 g/mol. The molecule has 4 rings (SSSR count). The minimum atomic E-state index is -4.43. The van der Waals surface area contributed by atoms with E-state index in [-0.39, 0.29) is 23.6 Å². The van der Waals surface area contributed by atoms with Gasteiger partial charge in [0.1, 0.15) is 28.5 Å². The molecule has 0 spiro atoms. The van der Waals surface area contributed by atoms with Crippen molar-refractivity contribution in [1.82, 2.24) is 19.7 Å².